The quantitative estimate of drug-likeness (QED) is 0.0919. The first-order valence-electron chi connectivity index (χ1n) is 9.44. The summed E-state index contributed by atoms with van der Waals surface area (Å²) in [6, 6.07) is 0. The number of esters is 1. The van der Waals surface area contributed by atoms with Crippen molar-refractivity contribution in [2.24, 2.45) is 0 Å². The van der Waals surface area contributed by atoms with Crippen molar-refractivity contribution in [1.82, 2.24) is 0 Å². The van der Waals surface area contributed by atoms with Gasteiger partial charge in [0, 0.05) is 45.4 Å². The van der Waals surface area contributed by atoms with Gasteiger partial charge in [0.15, 0.2) is 0 Å². The van der Waals surface area contributed by atoms with Crippen molar-refractivity contribution in [1.29, 1.82) is 0 Å². The van der Waals surface area contributed by atoms with Crippen LogP contribution < -0.4 is 0 Å². The van der Waals surface area contributed by atoms with Gasteiger partial charge in [0.05, 0.1) is 0 Å². The van der Waals surface area contributed by atoms with Crippen molar-refractivity contribution in [3.8, 4) is 0 Å². The average Bonchev–Trinajstić information content (AvgIpc) is 2.51. The van der Waals surface area contributed by atoms with Crippen LogP contribution in [0.2, 0.25) is 0 Å². The average molecular weight is 443 g/mol. The van der Waals surface area contributed by atoms with E-state index in [1.54, 1.807) is 0 Å². The van der Waals surface area contributed by atoms with Gasteiger partial charge in [-0.25, -0.2) is 0 Å². The molecule has 0 rings (SSSR count). The van der Waals surface area contributed by atoms with Crippen molar-refractivity contribution in [3.05, 3.63) is 0 Å². The molecule has 24 heavy (non-hydrogen) atoms. The molecule has 0 aromatic heterocycles. The van der Waals surface area contributed by atoms with Crippen LogP contribution >= 0.6 is 0 Å². The maximum Gasteiger partial charge on any atom is 0.313 e. The maximum atomic E-state index is 10.9. The molecule has 0 N–H and O–H groups in total. The maximum absolute atomic E-state index is 10.9. The van der Waals surface area contributed by atoms with Gasteiger partial charge in [0.2, 0.25) is 0 Å². The van der Waals surface area contributed by atoms with Crippen LogP contribution in [0.15, 0.2) is 0 Å². The third kappa shape index (κ3) is 24.6. The Morgan fingerprint density at radius 3 is 1.33 bits per heavy atom. The summed E-state index contributed by atoms with van der Waals surface area (Å²) in [6.45, 7) is 2.48. The summed E-state index contributed by atoms with van der Waals surface area (Å²) in [6.07, 6.45) is 20.0. The molecule has 0 spiro atoms. The molecule has 0 atom stereocenters. The van der Waals surface area contributed by atoms with Crippen LogP contribution in [-0.4, -0.2) is 12.4 Å². The second-order valence-corrected chi connectivity index (χ2v) is 6.29. The van der Waals surface area contributed by atoms with E-state index in [2.05, 4.69) is 11.7 Å². The Morgan fingerprint density at radius 1 is 0.667 bits per heavy atom. The first-order valence-corrected chi connectivity index (χ1v) is 9.44. The Kier molecular flexibility index (Phi) is 31.1. The smallest absolute Gasteiger partial charge is 0.313 e. The number of unbranched alkanes of at least 4 members (excludes halogenated alkanes) is 14. The van der Waals surface area contributed by atoms with E-state index in [-0.39, 0.29) is 45.4 Å². The molecule has 0 aliphatic heterocycles. The second kappa shape index (κ2) is 25.6. The second-order valence-electron chi connectivity index (χ2n) is 6.29. The van der Waals surface area contributed by atoms with Crippen molar-refractivity contribution < 1.29 is 53.3 Å². The fourth-order valence-corrected chi connectivity index (χ4v) is 2.75. The van der Waals surface area contributed by atoms with Crippen molar-refractivity contribution in [3.63, 3.8) is 0 Å². The minimum atomic E-state index is -0.398. The topological polar surface area (TPSA) is 43.4 Å². The molecule has 0 aromatic rings. The summed E-state index contributed by atoms with van der Waals surface area (Å²) in [5, 5.41) is 0. The van der Waals surface area contributed by atoms with Gasteiger partial charge < -0.3 is 4.74 Å². The molecule has 0 unspecified atom stereocenters. The number of carbonyl (C=O) groups excluding carboxylic acids is 2. The number of hydrogen-bond donors (Lipinski definition) is 0. The van der Waals surface area contributed by atoms with Gasteiger partial charge in [-0.1, -0.05) is 96.8 Å². The normalized spacial score (nSPS) is 9.71. The van der Waals surface area contributed by atoms with Gasteiger partial charge in [-0.3, -0.25) is 9.59 Å². The molecule has 0 radical (unpaired) electrons. The standard InChI is InChI=1S/C19H36O3.2Zn/c1-2-3-4-5-6-7-8-9-10-11-12-13-14-15-16-17-19(21)22-18-20;;/h18H,2-17H2,1H3;;. The minimum absolute atomic E-state index is 0. The summed E-state index contributed by atoms with van der Waals surface area (Å²) >= 11 is 0. The summed E-state index contributed by atoms with van der Waals surface area (Å²) in [5.74, 6) is -0.398. The zero-order valence-electron chi connectivity index (χ0n) is 16.0. The molecule has 0 aliphatic rings. The molecule has 0 amide bonds. The van der Waals surface area contributed by atoms with E-state index in [1.807, 2.05) is 0 Å². The fraction of sp³-hybridized carbons (Fsp3) is 0.895. The van der Waals surface area contributed by atoms with E-state index in [0.717, 1.165) is 12.8 Å². The zero-order valence-corrected chi connectivity index (χ0v) is 22.0. The molecule has 0 saturated heterocycles. The number of hydrogen-bond acceptors (Lipinski definition) is 3. The molecule has 0 aliphatic carbocycles. The van der Waals surface area contributed by atoms with Crippen LogP contribution in [-0.2, 0) is 53.3 Å². The van der Waals surface area contributed by atoms with Gasteiger partial charge in [0.1, 0.15) is 0 Å². The minimum Gasteiger partial charge on any atom is -0.395 e. The Morgan fingerprint density at radius 2 is 1.00 bits per heavy atom. The molecule has 0 bridgehead atoms. The Bertz CT molecular complexity index is 261. The number of ether oxygens (including phenoxy) is 1. The predicted octanol–water partition coefficient (Wildman–Crippen LogP) is 5.94. The Labute approximate surface area is 175 Å². The van der Waals surface area contributed by atoms with E-state index in [9.17, 15) is 9.59 Å². The molecule has 3 nitrogen and oxygen atoms in total. The summed E-state index contributed by atoms with van der Waals surface area (Å²) in [4.78, 5) is 20.9. The van der Waals surface area contributed by atoms with Crippen molar-refractivity contribution in [2.75, 3.05) is 0 Å². The van der Waals surface area contributed by atoms with E-state index >= 15 is 0 Å². The van der Waals surface area contributed by atoms with Crippen LogP contribution in [0.4, 0.5) is 0 Å². The largest absolute Gasteiger partial charge is 0.395 e. The van der Waals surface area contributed by atoms with Crippen LogP contribution in [0.5, 0.6) is 0 Å². The SMILES string of the molecule is CCCCCCCCCCCCCCCCCC(=O)OC=O.[Zn].[Zn]. The first kappa shape index (κ1) is 29.2. The predicted molar refractivity (Wildman–Crippen MR) is 91.7 cm³/mol. The third-order valence-corrected chi connectivity index (χ3v) is 4.16. The van der Waals surface area contributed by atoms with Crippen LogP contribution in [0.1, 0.15) is 110 Å². The molecule has 0 aromatic carbocycles. The summed E-state index contributed by atoms with van der Waals surface area (Å²) in [5.41, 5.74) is 0. The fourth-order valence-electron chi connectivity index (χ4n) is 2.75. The molecule has 0 heterocycles. The molecule has 5 heteroatoms. The van der Waals surface area contributed by atoms with Crippen LogP contribution in [0.3, 0.4) is 0 Å². The van der Waals surface area contributed by atoms with Gasteiger partial charge in [0.25, 0.3) is 0 Å². The van der Waals surface area contributed by atoms with Gasteiger partial charge >= 0.3 is 12.4 Å². The van der Waals surface area contributed by atoms with Crippen LogP contribution in [0, 0.1) is 0 Å². The zero-order chi connectivity index (χ0) is 16.3. The van der Waals surface area contributed by atoms with Crippen molar-refractivity contribution >= 4 is 12.4 Å². The van der Waals surface area contributed by atoms with E-state index in [0.29, 0.717) is 6.42 Å². The summed E-state index contributed by atoms with van der Waals surface area (Å²) < 4.78 is 4.24. The molecular formula is C19H36O3Zn2. The number of carbonyl (C=O) groups is 2. The van der Waals surface area contributed by atoms with Gasteiger partial charge in [-0.05, 0) is 6.42 Å². The van der Waals surface area contributed by atoms with E-state index < -0.39 is 5.97 Å². The van der Waals surface area contributed by atoms with Crippen molar-refractivity contribution in [2.45, 2.75) is 110 Å². The monoisotopic (exact) mass is 440 g/mol. The third-order valence-electron chi connectivity index (χ3n) is 4.16. The summed E-state index contributed by atoms with van der Waals surface area (Å²) in [7, 11) is 0. The molecular weight excluding hydrogens is 407 g/mol. The van der Waals surface area contributed by atoms with E-state index in [1.165, 1.54) is 83.5 Å². The van der Waals surface area contributed by atoms with Gasteiger partial charge in [-0.2, -0.15) is 0 Å². The Hall–Kier alpha value is 0.387. The van der Waals surface area contributed by atoms with Crippen LogP contribution in [0.25, 0.3) is 0 Å². The molecule has 134 valence electrons. The van der Waals surface area contributed by atoms with E-state index in [4.69, 9.17) is 0 Å². The number of rotatable bonds is 17. The molecule has 0 saturated carbocycles. The first-order chi connectivity index (χ1) is 10.8. The van der Waals surface area contributed by atoms with Gasteiger partial charge in [-0.15, -0.1) is 0 Å². The molecule has 0 fully saturated rings. The Balaban J connectivity index is -0.00000220.